The van der Waals surface area contributed by atoms with Gasteiger partial charge in [-0.15, -0.1) is 35.3 Å². The molecule has 0 aliphatic heterocycles. The van der Waals surface area contributed by atoms with E-state index in [0.717, 1.165) is 30.4 Å². The number of pyridine rings is 1. The molecule has 3 aromatic rings. The molecule has 0 aliphatic rings. The molecule has 8 heteroatoms. The van der Waals surface area contributed by atoms with E-state index in [4.69, 9.17) is 0 Å². The van der Waals surface area contributed by atoms with Gasteiger partial charge in [-0.2, -0.15) is 5.10 Å². The molecular formula is C17H21IN6S. The molecule has 0 amide bonds. The lowest BCUT2D eigenvalue weighted by Crippen LogP contribution is -2.36. The lowest BCUT2D eigenvalue weighted by Gasteiger charge is -2.10. The van der Waals surface area contributed by atoms with E-state index in [0.29, 0.717) is 6.54 Å². The minimum atomic E-state index is 0. The van der Waals surface area contributed by atoms with Gasteiger partial charge in [-0.3, -0.25) is 0 Å². The highest BCUT2D eigenvalue weighted by Gasteiger charge is 2.02. The van der Waals surface area contributed by atoms with E-state index in [9.17, 15) is 0 Å². The lowest BCUT2D eigenvalue weighted by molar-refractivity contribution is 0.819. The van der Waals surface area contributed by atoms with Crippen molar-refractivity contribution in [1.29, 1.82) is 0 Å². The van der Waals surface area contributed by atoms with E-state index in [2.05, 4.69) is 50.1 Å². The van der Waals surface area contributed by atoms with Crippen LogP contribution in [0, 0.1) is 0 Å². The van der Waals surface area contributed by atoms with Crippen molar-refractivity contribution < 1.29 is 0 Å². The molecule has 0 fully saturated rings. The Balaban J connectivity index is 0.00000225. The average molecular weight is 468 g/mol. The Hall–Kier alpha value is -1.94. The fraction of sp³-hybridized carbons (Fsp3) is 0.235. The van der Waals surface area contributed by atoms with E-state index >= 15 is 0 Å². The zero-order valence-corrected chi connectivity index (χ0v) is 17.1. The number of nitrogens with one attached hydrogen (secondary N) is 2. The maximum Gasteiger partial charge on any atom is 0.191 e. The van der Waals surface area contributed by atoms with E-state index in [1.54, 1.807) is 28.4 Å². The van der Waals surface area contributed by atoms with Crippen LogP contribution in [0.4, 0.5) is 0 Å². The van der Waals surface area contributed by atoms with Gasteiger partial charge in [0, 0.05) is 30.0 Å². The molecular weight excluding hydrogens is 447 g/mol. The van der Waals surface area contributed by atoms with Crippen LogP contribution in [0.1, 0.15) is 17.4 Å². The molecule has 0 spiro atoms. The molecule has 0 atom stereocenters. The Morgan fingerprint density at radius 3 is 2.88 bits per heavy atom. The van der Waals surface area contributed by atoms with Crippen LogP contribution in [0.5, 0.6) is 0 Å². The van der Waals surface area contributed by atoms with Crippen molar-refractivity contribution in [3.05, 3.63) is 64.7 Å². The van der Waals surface area contributed by atoms with Gasteiger partial charge in [0.25, 0.3) is 0 Å². The van der Waals surface area contributed by atoms with Crippen LogP contribution in [0.25, 0.3) is 5.82 Å². The summed E-state index contributed by atoms with van der Waals surface area (Å²) in [6, 6.07) is 10.0. The summed E-state index contributed by atoms with van der Waals surface area (Å²) < 4.78 is 1.74. The number of hydrogen-bond acceptors (Lipinski definition) is 4. The van der Waals surface area contributed by atoms with E-state index in [1.807, 2.05) is 24.4 Å². The Labute approximate surface area is 168 Å². The lowest BCUT2D eigenvalue weighted by atomic mass is 10.2. The first-order valence-corrected chi connectivity index (χ1v) is 8.72. The zero-order valence-electron chi connectivity index (χ0n) is 13.9. The second-order valence-electron chi connectivity index (χ2n) is 5.10. The molecule has 3 heterocycles. The first kappa shape index (κ1) is 19.4. The molecule has 132 valence electrons. The topological polar surface area (TPSA) is 67.1 Å². The predicted octanol–water partition coefficient (Wildman–Crippen LogP) is 3.20. The average Bonchev–Trinajstić information content (AvgIpc) is 3.31. The summed E-state index contributed by atoms with van der Waals surface area (Å²) in [4.78, 5) is 10.3. The first-order valence-electron chi connectivity index (χ1n) is 7.84. The van der Waals surface area contributed by atoms with Crippen LogP contribution in [-0.4, -0.2) is 27.3 Å². The molecule has 0 saturated heterocycles. The Bertz CT molecular complexity index is 770. The Kier molecular flexibility index (Phi) is 7.86. The zero-order chi connectivity index (χ0) is 16.6. The van der Waals surface area contributed by atoms with Gasteiger partial charge in [0.2, 0.25) is 0 Å². The summed E-state index contributed by atoms with van der Waals surface area (Å²) in [6.07, 6.45) is 5.40. The molecule has 6 nitrogen and oxygen atoms in total. The summed E-state index contributed by atoms with van der Waals surface area (Å²) in [5.41, 5.74) is 1.09. The predicted molar refractivity (Wildman–Crippen MR) is 113 cm³/mol. The Morgan fingerprint density at radius 2 is 2.16 bits per heavy atom. The number of aromatic nitrogens is 3. The van der Waals surface area contributed by atoms with Gasteiger partial charge >= 0.3 is 0 Å². The highest BCUT2D eigenvalue weighted by molar-refractivity contribution is 14.0. The molecule has 25 heavy (non-hydrogen) atoms. The second kappa shape index (κ2) is 10.1. The quantitative estimate of drug-likeness (QED) is 0.331. The smallest absolute Gasteiger partial charge is 0.191 e. The third-order valence-corrected chi connectivity index (χ3v) is 4.20. The van der Waals surface area contributed by atoms with Gasteiger partial charge in [0.05, 0.1) is 13.1 Å². The largest absolute Gasteiger partial charge is 0.357 e. The van der Waals surface area contributed by atoms with Gasteiger partial charge in [0.1, 0.15) is 0 Å². The maximum atomic E-state index is 4.65. The van der Waals surface area contributed by atoms with Gasteiger partial charge < -0.3 is 10.6 Å². The third-order valence-electron chi connectivity index (χ3n) is 3.32. The monoisotopic (exact) mass is 468 g/mol. The molecule has 0 unspecified atom stereocenters. The second-order valence-corrected chi connectivity index (χ2v) is 6.13. The van der Waals surface area contributed by atoms with Crippen LogP contribution in [-0.2, 0) is 13.1 Å². The minimum Gasteiger partial charge on any atom is -0.357 e. The van der Waals surface area contributed by atoms with Gasteiger partial charge in [-0.25, -0.2) is 14.7 Å². The number of guanidine groups is 1. The van der Waals surface area contributed by atoms with Crippen LogP contribution in [0.2, 0.25) is 0 Å². The molecule has 0 aliphatic carbocycles. The van der Waals surface area contributed by atoms with Crippen molar-refractivity contribution in [3.8, 4) is 5.82 Å². The SMILES string of the molecule is CCNC(=NCc1ccnc(-n2cccn2)c1)NCc1cccs1.I. The summed E-state index contributed by atoms with van der Waals surface area (Å²) in [5.74, 6) is 1.60. The molecule has 2 N–H and O–H groups in total. The van der Waals surface area contributed by atoms with Crippen molar-refractivity contribution in [2.45, 2.75) is 20.0 Å². The van der Waals surface area contributed by atoms with Crippen molar-refractivity contribution in [2.24, 2.45) is 4.99 Å². The van der Waals surface area contributed by atoms with Crippen LogP contribution >= 0.6 is 35.3 Å². The first-order chi connectivity index (χ1) is 11.8. The van der Waals surface area contributed by atoms with E-state index in [1.165, 1.54) is 4.88 Å². The maximum absolute atomic E-state index is 4.65. The number of rotatable bonds is 6. The normalized spacial score (nSPS) is 11.0. The highest BCUT2D eigenvalue weighted by Crippen LogP contribution is 2.08. The molecule has 0 saturated carbocycles. The van der Waals surface area contributed by atoms with Gasteiger partial charge in [0.15, 0.2) is 11.8 Å². The fourth-order valence-corrected chi connectivity index (χ4v) is 2.83. The summed E-state index contributed by atoms with van der Waals surface area (Å²) >= 11 is 1.73. The van der Waals surface area contributed by atoms with Crippen molar-refractivity contribution in [2.75, 3.05) is 6.54 Å². The van der Waals surface area contributed by atoms with Crippen LogP contribution in [0.3, 0.4) is 0 Å². The Morgan fingerprint density at radius 1 is 1.24 bits per heavy atom. The van der Waals surface area contributed by atoms with Crippen molar-refractivity contribution in [1.82, 2.24) is 25.4 Å². The molecule has 0 aromatic carbocycles. The molecule has 3 rings (SSSR count). The minimum absolute atomic E-state index is 0. The number of nitrogens with zero attached hydrogens (tertiary/aromatic N) is 4. The number of aliphatic imine (C=N–C) groups is 1. The number of thiophene rings is 1. The number of hydrogen-bond donors (Lipinski definition) is 2. The summed E-state index contributed by atoms with van der Waals surface area (Å²) in [6.45, 7) is 4.24. The highest BCUT2D eigenvalue weighted by atomic mass is 127. The summed E-state index contributed by atoms with van der Waals surface area (Å²) in [5, 5.41) is 12.9. The van der Waals surface area contributed by atoms with Gasteiger partial charge in [-0.1, -0.05) is 6.07 Å². The van der Waals surface area contributed by atoms with Crippen molar-refractivity contribution in [3.63, 3.8) is 0 Å². The molecule has 3 aromatic heterocycles. The van der Waals surface area contributed by atoms with Crippen LogP contribution in [0.15, 0.2) is 59.3 Å². The molecule has 0 bridgehead atoms. The standard InChI is InChI=1S/C17H20N6S.HI/c1-2-18-17(21-13-15-5-3-10-24-15)20-12-14-6-8-19-16(11-14)23-9-4-7-22-23;/h3-11H,2,12-13H2,1H3,(H2,18,20,21);1H. The van der Waals surface area contributed by atoms with Crippen molar-refractivity contribution >= 4 is 41.3 Å². The van der Waals surface area contributed by atoms with Gasteiger partial charge in [-0.05, 0) is 42.1 Å². The van der Waals surface area contributed by atoms with Crippen LogP contribution < -0.4 is 10.6 Å². The fourth-order valence-electron chi connectivity index (χ4n) is 2.18. The van der Waals surface area contributed by atoms with E-state index < -0.39 is 0 Å². The summed E-state index contributed by atoms with van der Waals surface area (Å²) in [7, 11) is 0. The number of halogens is 1. The molecule has 0 radical (unpaired) electrons. The third kappa shape index (κ3) is 5.82. The van der Waals surface area contributed by atoms with E-state index in [-0.39, 0.29) is 24.0 Å².